The van der Waals surface area contributed by atoms with Gasteiger partial charge in [0.1, 0.15) is 5.75 Å². The zero-order valence-corrected chi connectivity index (χ0v) is 17.8. The first-order valence-corrected chi connectivity index (χ1v) is 11.0. The monoisotopic (exact) mass is 422 g/mol. The summed E-state index contributed by atoms with van der Waals surface area (Å²) in [7, 11) is 1.64. The van der Waals surface area contributed by atoms with Gasteiger partial charge >= 0.3 is 0 Å². The highest BCUT2D eigenvalue weighted by molar-refractivity contribution is 7.18. The fraction of sp³-hybridized carbons (Fsp3) is 0.292. The van der Waals surface area contributed by atoms with Crippen molar-refractivity contribution in [1.82, 2.24) is 5.32 Å². The molecule has 6 heteroatoms. The van der Waals surface area contributed by atoms with Gasteiger partial charge < -0.3 is 20.1 Å². The van der Waals surface area contributed by atoms with E-state index in [9.17, 15) is 4.79 Å². The average molecular weight is 423 g/mol. The first-order chi connectivity index (χ1) is 14.7. The number of carbonyl (C=O) groups is 1. The third-order valence-electron chi connectivity index (χ3n) is 5.27. The molecule has 30 heavy (non-hydrogen) atoms. The lowest BCUT2D eigenvalue weighted by Crippen LogP contribution is -2.40. The molecular formula is C24H26N2O3S. The summed E-state index contributed by atoms with van der Waals surface area (Å²) in [6, 6.07) is 21.7. The maximum Gasteiger partial charge on any atom is 0.261 e. The molecule has 1 heterocycles. The molecule has 1 amide bonds. The largest absolute Gasteiger partial charge is 0.495 e. The summed E-state index contributed by atoms with van der Waals surface area (Å²) in [5.41, 5.74) is 2.03. The average Bonchev–Trinajstić information content (AvgIpc) is 3.43. The van der Waals surface area contributed by atoms with E-state index in [1.54, 1.807) is 7.11 Å². The van der Waals surface area contributed by atoms with E-state index in [-0.39, 0.29) is 18.1 Å². The van der Waals surface area contributed by atoms with Crippen molar-refractivity contribution in [2.24, 2.45) is 0 Å². The number of amides is 1. The van der Waals surface area contributed by atoms with Crippen molar-refractivity contribution in [3.63, 3.8) is 0 Å². The number of anilines is 2. The second-order valence-electron chi connectivity index (χ2n) is 7.34. The molecule has 5 nitrogen and oxygen atoms in total. The summed E-state index contributed by atoms with van der Waals surface area (Å²) >= 11 is 1.43. The van der Waals surface area contributed by atoms with Gasteiger partial charge in [-0.05, 0) is 49.1 Å². The molecule has 2 aromatic carbocycles. The molecule has 1 aliphatic carbocycles. The molecule has 1 aromatic heterocycles. The van der Waals surface area contributed by atoms with Crippen LogP contribution in [0.1, 0.15) is 34.5 Å². The number of nitrogens with one attached hydrogen (secondary N) is 2. The molecule has 0 saturated heterocycles. The van der Waals surface area contributed by atoms with Gasteiger partial charge in [-0.25, -0.2) is 0 Å². The molecule has 156 valence electrons. The molecule has 1 saturated carbocycles. The lowest BCUT2D eigenvalue weighted by Gasteiger charge is -2.21. The minimum atomic E-state index is -0.0479. The van der Waals surface area contributed by atoms with Crippen LogP contribution in [0.3, 0.4) is 0 Å². The van der Waals surface area contributed by atoms with E-state index >= 15 is 0 Å². The van der Waals surface area contributed by atoms with Crippen LogP contribution in [0.2, 0.25) is 0 Å². The number of para-hydroxylation sites is 2. The van der Waals surface area contributed by atoms with Crippen molar-refractivity contribution < 1.29 is 14.3 Å². The van der Waals surface area contributed by atoms with E-state index in [2.05, 4.69) is 22.8 Å². The van der Waals surface area contributed by atoms with Gasteiger partial charge in [-0.15, -0.1) is 11.3 Å². The highest BCUT2D eigenvalue weighted by Crippen LogP contribution is 2.31. The van der Waals surface area contributed by atoms with Gasteiger partial charge in [0.15, 0.2) is 0 Å². The maximum absolute atomic E-state index is 12.8. The van der Waals surface area contributed by atoms with Gasteiger partial charge in [0.05, 0.1) is 41.4 Å². The first kappa shape index (κ1) is 20.4. The fourth-order valence-corrected chi connectivity index (χ4v) is 4.54. The van der Waals surface area contributed by atoms with Gasteiger partial charge in [0.25, 0.3) is 5.91 Å². The molecule has 1 aliphatic rings. The second-order valence-corrected chi connectivity index (χ2v) is 8.42. The van der Waals surface area contributed by atoms with Crippen LogP contribution in [-0.2, 0) is 11.3 Å². The molecule has 0 bridgehead atoms. The minimum absolute atomic E-state index is 0.0479. The fourth-order valence-electron chi connectivity index (χ4n) is 3.72. The lowest BCUT2D eigenvalue weighted by molar-refractivity contribution is 0.0272. The van der Waals surface area contributed by atoms with Crippen LogP contribution in [0.15, 0.2) is 66.7 Å². The zero-order valence-electron chi connectivity index (χ0n) is 17.0. The zero-order chi connectivity index (χ0) is 20.8. The number of hydrogen-bond donors (Lipinski definition) is 2. The summed E-state index contributed by atoms with van der Waals surface area (Å²) in [5, 5.41) is 7.40. The highest BCUT2D eigenvalue weighted by atomic mass is 32.1. The lowest BCUT2D eigenvalue weighted by atomic mass is 10.2. The summed E-state index contributed by atoms with van der Waals surface area (Å²) in [5.74, 6) is 0.717. The molecule has 0 spiro atoms. The summed E-state index contributed by atoms with van der Waals surface area (Å²) < 4.78 is 11.5. The van der Waals surface area contributed by atoms with Crippen molar-refractivity contribution in [3.8, 4) is 5.75 Å². The van der Waals surface area contributed by atoms with Gasteiger partial charge in [-0.2, -0.15) is 0 Å². The molecule has 4 rings (SSSR count). The SMILES string of the molecule is COc1ccccc1Nc1ccc(C(=O)N[C@H]2CCC[C@@H]2OCc2ccccc2)s1. The predicted molar refractivity (Wildman–Crippen MR) is 121 cm³/mol. The molecule has 0 unspecified atom stereocenters. The van der Waals surface area contributed by atoms with Gasteiger partial charge in [0.2, 0.25) is 0 Å². The molecule has 2 N–H and O–H groups in total. The van der Waals surface area contributed by atoms with Crippen molar-refractivity contribution in [1.29, 1.82) is 0 Å². The second kappa shape index (κ2) is 9.78. The molecular weight excluding hydrogens is 396 g/mol. The van der Waals surface area contributed by atoms with E-state index in [1.807, 2.05) is 54.6 Å². The van der Waals surface area contributed by atoms with E-state index in [4.69, 9.17) is 9.47 Å². The molecule has 3 aromatic rings. The molecule has 0 radical (unpaired) electrons. The van der Waals surface area contributed by atoms with E-state index in [0.717, 1.165) is 41.3 Å². The number of rotatable bonds is 8. The Labute approximate surface area is 181 Å². The van der Waals surface area contributed by atoms with Crippen LogP contribution >= 0.6 is 11.3 Å². The Bertz CT molecular complexity index is 973. The van der Waals surface area contributed by atoms with Crippen molar-refractivity contribution in [3.05, 3.63) is 77.2 Å². The van der Waals surface area contributed by atoms with Crippen molar-refractivity contribution >= 4 is 27.9 Å². The smallest absolute Gasteiger partial charge is 0.261 e. The predicted octanol–water partition coefficient (Wildman–Crippen LogP) is 5.37. The van der Waals surface area contributed by atoms with E-state index in [1.165, 1.54) is 11.3 Å². The summed E-state index contributed by atoms with van der Waals surface area (Å²) in [6.07, 6.45) is 3.04. The highest BCUT2D eigenvalue weighted by Gasteiger charge is 2.30. The van der Waals surface area contributed by atoms with E-state index < -0.39 is 0 Å². The topological polar surface area (TPSA) is 59.6 Å². The summed E-state index contributed by atoms with van der Waals surface area (Å²) in [4.78, 5) is 13.5. The van der Waals surface area contributed by atoms with Crippen LogP contribution in [0.25, 0.3) is 0 Å². The van der Waals surface area contributed by atoms with Crippen LogP contribution in [-0.4, -0.2) is 25.2 Å². The Morgan fingerprint density at radius 2 is 1.83 bits per heavy atom. The Kier molecular flexibility index (Phi) is 6.67. The first-order valence-electron chi connectivity index (χ1n) is 10.2. The normalized spacial score (nSPS) is 18.2. The van der Waals surface area contributed by atoms with Crippen molar-refractivity contribution in [2.75, 3.05) is 12.4 Å². The standard InChI is InChI=1S/C24H26N2O3S/c1-28-20-12-6-5-10-18(20)25-23-15-14-22(30-23)24(27)26-19-11-7-13-21(19)29-16-17-8-3-2-4-9-17/h2-6,8-10,12,14-15,19,21,25H,7,11,13,16H2,1H3,(H,26,27)/t19-,21-/m0/s1. The number of methoxy groups -OCH3 is 1. The molecule has 1 fully saturated rings. The number of ether oxygens (including phenoxy) is 2. The third-order valence-corrected chi connectivity index (χ3v) is 6.27. The van der Waals surface area contributed by atoms with Crippen LogP contribution in [0.5, 0.6) is 5.75 Å². The number of benzene rings is 2. The Balaban J connectivity index is 1.34. The van der Waals surface area contributed by atoms with Gasteiger partial charge in [-0.3, -0.25) is 4.79 Å². The van der Waals surface area contributed by atoms with Crippen LogP contribution in [0, 0.1) is 0 Å². The number of carbonyl (C=O) groups excluding carboxylic acids is 1. The van der Waals surface area contributed by atoms with Crippen molar-refractivity contribution in [2.45, 2.75) is 38.0 Å². The van der Waals surface area contributed by atoms with Crippen LogP contribution < -0.4 is 15.4 Å². The molecule has 0 aliphatic heterocycles. The maximum atomic E-state index is 12.8. The minimum Gasteiger partial charge on any atom is -0.495 e. The molecule has 2 atom stereocenters. The van der Waals surface area contributed by atoms with Gasteiger partial charge in [0, 0.05) is 0 Å². The Morgan fingerprint density at radius 3 is 2.67 bits per heavy atom. The number of hydrogen-bond acceptors (Lipinski definition) is 5. The third kappa shape index (κ3) is 5.01. The van der Waals surface area contributed by atoms with E-state index in [0.29, 0.717) is 11.5 Å². The number of thiophene rings is 1. The summed E-state index contributed by atoms with van der Waals surface area (Å²) in [6.45, 7) is 0.573. The Morgan fingerprint density at radius 1 is 1.03 bits per heavy atom. The quantitative estimate of drug-likeness (QED) is 0.512. The van der Waals surface area contributed by atoms with Gasteiger partial charge in [-0.1, -0.05) is 42.5 Å². The Hall–Kier alpha value is -2.83. The van der Waals surface area contributed by atoms with Crippen LogP contribution in [0.4, 0.5) is 10.7 Å².